The molecule has 1 aliphatic carbocycles. The third-order valence-corrected chi connectivity index (χ3v) is 7.41. The molecule has 4 unspecified atom stereocenters. The van der Waals surface area contributed by atoms with Crippen LogP contribution < -0.4 is 5.73 Å². The van der Waals surface area contributed by atoms with Gasteiger partial charge in [-0.25, -0.2) is 8.42 Å². The molecule has 0 aromatic rings. The maximum atomic E-state index is 12.6. The number of amides is 1. The number of halogens is 1. The lowest BCUT2D eigenvalue weighted by Crippen LogP contribution is -2.46. The van der Waals surface area contributed by atoms with Gasteiger partial charge in [0, 0.05) is 31.7 Å². The summed E-state index contributed by atoms with van der Waals surface area (Å²) in [5.41, 5.74) is 6.14. The number of carbonyl (C=O) groups is 1. The Morgan fingerprint density at radius 3 is 2.57 bits per heavy atom. The fourth-order valence-electron chi connectivity index (χ4n) is 4.47. The van der Waals surface area contributed by atoms with Crippen LogP contribution in [0.5, 0.6) is 0 Å². The Morgan fingerprint density at radius 1 is 1.26 bits per heavy atom. The van der Waals surface area contributed by atoms with Crippen molar-refractivity contribution < 1.29 is 13.2 Å². The predicted molar refractivity (Wildman–Crippen MR) is 92.3 cm³/mol. The van der Waals surface area contributed by atoms with Crippen molar-refractivity contribution in [1.82, 2.24) is 9.80 Å². The number of carbonyl (C=O) groups excluding carboxylic acids is 1. The minimum atomic E-state index is -2.96. The second-order valence-corrected chi connectivity index (χ2v) is 9.32. The molecule has 1 amide bonds. The summed E-state index contributed by atoms with van der Waals surface area (Å²) in [5, 5.41) is 0. The molecule has 3 aliphatic rings. The van der Waals surface area contributed by atoms with E-state index in [-0.39, 0.29) is 41.9 Å². The lowest BCUT2D eigenvalue weighted by atomic mass is 9.98. The first-order valence-corrected chi connectivity index (χ1v) is 10.2. The first-order chi connectivity index (χ1) is 10.4. The fourth-order valence-corrected chi connectivity index (χ4v) is 6.20. The number of likely N-dealkylation sites (tertiary alicyclic amines) is 1. The van der Waals surface area contributed by atoms with Crippen molar-refractivity contribution >= 4 is 28.2 Å². The van der Waals surface area contributed by atoms with E-state index in [0.29, 0.717) is 31.3 Å². The maximum Gasteiger partial charge on any atom is 0.237 e. The molecule has 0 aromatic heterocycles. The van der Waals surface area contributed by atoms with Crippen molar-refractivity contribution in [3.05, 3.63) is 0 Å². The zero-order valence-corrected chi connectivity index (χ0v) is 15.3. The molecule has 3 fully saturated rings. The van der Waals surface area contributed by atoms with Crippen LogP contribution >= 0.6 is 12.4 Å². The molecule has 1 saturated carbocycles. The lowest BCUT2D eigenvalue weighted by molar-refractivity contribution is -0.133. The van der Waals surface area contributed by atoms with E-state index in [1.807, 2.05) is 6.92 Å². The number of fused-ring (bicyclic) bond motifs is 1. The van der Waals surface area contributed by atoms with Gasteiger partial charge in [0.15, 0.2) is 9.84 Å². The number of nitrogens with two attached hydrogens (primary N) is 1. The van der Waals surface area contributed by atoms with Crippen LogP contribution in [0.4, 0.5) is 0 Å². The van der Waals surface area contributed by atoms with Gasteiger partial charge in [-0.3, -0.25) is 9.69 Å². The van der Waals surface area contributed by atoms with Gasteiger partial charge in [0.1, 0.15) is 0 Å². The zero-order valence-electron chi connectivity index (χ0n) is 13.7. The van der Waals surface area contributed by atoms with Gasteiger partial charge < -0.3 is 10.6 Å². The molecule has 4 atom stereocenters. The first kappa shape index (κ1) is 19.0. The topological polar surface area (TPSA) is 83.7 Å². The molecule has 2 N–H and O–H groups in total. The van der Waals surface area contributed by atoms with Crippen LogP contribution in [0.2, 0.25) is 0 Å². The van der Waals surface area contributed by atoms with E-state index in [0.717, 1.165) is 19.5 Å². The van der Waals surface area contributed by atoms with E-state index < -0.39 is 9.84 Å². The van der Waals surface area contributed by atoms with Gasteiger partial charge in [0.2, 0.25) is 5.91 Å². The summed E-state index contributed by atoms with van der Waals surface area (Å²) < 4.78 is 23.3. The van der Waals surface area contributed by atoms with Crippen LogP contribution in [-0.2, 0) is 14.6 Å². The van der Waals surface area contributed by atoms with Crippen LogP contribution in [0.3, 0.4) is 0 Å². The quantitative estimate of drug-likeness (QED) is 0.764. The van der Waals surface area contributed by atoms with Crippen molar-refractivity contribution in [2.24, 2.45) is 17.6 Å². The van der Waals surface area contributed by atoms with Crippen LogP contribution in [0, 0.1) is 11.8 Å². The molecule has 3 rings (SSSR count). The van der Waals surface area contributed by atoms with Gasteiger partial charge in [0.25, 0.3) is 0 Å². The number of rotatable bonds is 4. The highest BCUT2D eigenvalue weighted by atomic mass is 35.5. The second-order valence-electron chi connectivity index (χ2n) is 7.10. The molecule has 0 bridgehead atoms. The Bertz CT molecular complexity index is 542. The molecule has 2 heterocycles. The summed E-state index contributed by atoms with van der Waals surface area (Å²) in [6.45, 7) is 4.80. The van der Waals surface area contributed by atoms with Crippen LogP contribution in [0.1, 0.15) is 26.2 Å². The summed E-state index contributed by atoms with van der Waals surface area (Å²) in [5.74, 6) is 1.59. The molecule has 0 radical (unpaired) electrons. The third kappa shape index (κ3) is 4.00. The average molecular weight is 366 g/mol. The van der Waals surface area contributed by atoms with Gasteiger partial charge >= 0.3 is 0 Å². The molecular weight excluding hydrogens is 338 g/mol. The molecule has 0 spiro atoms. The van der Waals surface area contributed by atoms with E-state index in [2.05, 4.69) is 4.90 Å². The highest BCUT2D eigenvalue weighted by molar-refractivity contribution is 7.91. The van der Waals surface area contributed by atoms with Crippen molar-refractivity contribution in [3.63, 3.8) is 0 Å². The SMILES string of the molecule is CCN(C(=O)CN1CC2CCC(N)C2C1)C1CCS(=O)(=O)C1.Cl. The predicted octanol–water partition coefficient (Wildman–Crippen LogP) is 0.113. The summed E-state index contributed by atoms with van der Waals surface area (Å²) in [4.78, 5) is 16.6. The normalized spacial score (nSPS) is 35.7. The molecule has 134 valence electrons. The molecule has 2 aliphatic heterocycles. The van der Waals surface area contributed by atoms with Gasteiger partial charge in [-0.05, 0) is 38.0 Å². The van der Waals surface area contributed by atoms with Crippen molar-refractivity contribution in [3.8, 4) is 0 Å². The molecule has 0 aromatic carbocycles. The largest absolute Gasteiger partial charge is 0.338 e. The Balaban J connectivity index is 0.00000192. The van der Waals surface area contributed by atoms with Crippen LogP contribution in [0.15, 0.2) is 0 Å². The third-order valence-electron chi connectivity index (χ3n) is 5.66. The van der Waals surface area contributed by atoms with Crippen molar-refractivity contribution in [2.75, 3.05) is 37.7 Å². The Kier molecular flexibility index (Phi) is 5.98. The monoisotopic (exact) mass is 365 g/mol. The van der Waals surface area contributed by atoms with E-state index in [9.17, 15) is 13.2 Å². The van der Waals surface area contributed by atoms with Crippen LogP contribution in [0.25, 0.3) is 0 Å². The average Bonchev–Trinajstić information content (AvgIpc) is 3.08. The lowest BCUT2D eigenvalue weighted by Gasteiger charge is -2.29. The van der Waals surface area contributed by atoms with E-state index >= 15 is 0 Å². The van der Waals surface area contributed by atoms with Crippen molar-refractivity contribution in [1.29, 1.82) is 0 Å². The first-order valence-electron chi connectivity index (χ1n) is 8.37. The number of likely N-dealkylation sites (N-methyl/N-ethyl adjacent to an activating group) is 1. The van der Waals surface area contributed by atoms with Crippen molar-refractivity contribution in [2.45, 2.75) is 38.3 Å². The summed E-state index contributed by atoms with van der Waals surface area (Å²) >= 11 is 0. The molecular formula is C15H28ClN3O3S. The van der Waals surface area contributed by atoms with Gasteiger partial charge in [-0.1, -0.05) is 0 Å². The second kappa shape index (κ2) is 7.25. The minimum Gasteiger partial charge on any atom is -0.338 e. The van der Waals surface area contributed by atoms with Gasteiger partial charge in [-0.15, -0.1) is 12.4 Å². The fraction of sp³-hybridized carbons (Fsp3) is 0.933. The summed E-state index contributed by atoms with van der Waals surface area (Å²) in [6, 6.07) is 0.152. The van der Waals surface area contributed by atoms with E-state index in [1.165, 1.54) is 6.42 Å². The smallest absolute Gasteiger partial charge is 0.237 e. The van der Waals surface area contributed by atoms with E-state index in [4.69, 9.17) is 5.73 Å². The number of hydrogen-bond donors (Lipinski definition) is 1. The molecule has 2 saturated heterocycles. The highest BCUT2D eigenvalue weighted by Gasteiger charge is 2.42. The van der Waals surface area contributed by atoms with Crippen LogP contribution in [-0.4, -0.2) is 73.9 Å². The summed E-state index contributed by atoms with van der Waals surface area (Å²) in [7, 11) is -2.96. The Hall–Kier alpha value is -0.370. The number of hydrogen-bond acceptors (Lipinski definition) is 5. The maximum absolute atomic E-state index is 12.6. The summed E-state index contributed by atoms with van der Waals surface area (Å²) in [6.07, 6.45) is 2.87. The molecule has 6 nitrogen and oxygen atoms in total. The van der Waals surface area contributed by atoms with E-state index in [1.54, 1.807) is 4.90 Å². The molecule has 23 heavy (non-hydrogen) atoms. The highest BCUT2D eigenvalue weighted by Crippen LogP contribution is 2.37. The molecule has 8 heteroatoms. The minimum absolute atomic E-state index is 0. The Morgan fingerprint density at radius 2 is 2.00 bits per heavy atom. The number of sulfone groups is 1. The Labute approximate surface area is 145 Å². The zero-order chi connectivity index (χ0) is 15.9. The standard InChI is InChI=1S/C15H27N3O3S.ClH/c1-2-18(12-5-6-22(20,21)10-12)15(19)9-17-7-11-3-4-14(16)13(11)8-17;/h11-14H,2-10,16H2,1H3;1H. The van der Waals surface area contributed by atoms with Gasteiger partial charge in [-0.2, -0.15) is 0 Å². The number of nitrogens with zero attached hydrogens (tertiary/aromatic N) is 2. The van der Waals surface area contributed by atoms with Gasteiger partial charge in [0.05, 0.1) is 18.1 Å².